The number of nitrogens with zero attached hydrogens (tertiary/aromatic N) is 8. The van der Waals surface area contributed by atoms with Crippen LogP contribution in [0.25, 0.3) is 23.0 Å². The fraction of sp³-hybridized carbons (Fsp3) is 0.318. The fourth-order valence-corrected chi connectivity index (χ4v) is 7.24. The highest BCUT2D eigenvalue weighted by Crippen LogP contribution is 2.43. The lowest BCUT2D eigenvalue weighted by molar-refractivity contribution is -0.152. The number of carbonyl (C=O) groups is 4. The highest BCUT2D eigenvalue weighted by molar-refractivity contribution is 6.21. The monoisotopic (exact) mass is 907 g/mol. The van der Waals surface area contributed by atoms with Crippen LogP contribution in [0.3, 0.4) is 0 Å². The molecule has 344 valence electrons. The van der Waals surface area contributed by atoms with E-state index < -0.39 is 34.5 Å². The summed E-state index contributed by atoms with van der Waals surface area (Å²) in [4.78, 5) is 66.8. The third-order valence-electron chi connectivity index (χ3n) is 10.6. The van der Waals surface area contributed by atoms with Crippen molar-refractivity contribution in [2.75, 3.05) is 28.7 Å². The fourth-order valence-electron chi connectivity index (χ4n) is 7.24. The molecule has 8 rings (SSSR count). The molecule has 20 nitrogen and oxygen atoms in total. The minimum Gasteiger partial charge on any atom is -0.475 e. The Morgan fingerprint density at radius 1 is 0.697 bits per heavy atom. The molecular formula is C44H47F2N13O7. The van der Waals surface area contributed by atoms with Gasteiger partial charge < -0.3 is 42.0 Å². The highest BCUT2D eigenvalue weighted by Gasteiger charge is 2.54. The van der Waals surface area contributed by atoms with Crippen LogP contribution in [-0.4, -0.2) is 82.0 Å². The summed E-state index contributed by atoms with van der Waals surface area (Å²) in [6.07, 6.45) is -0.333. The van der Waals surface area contributed by atoms with Gasteiger partial charge in [0.2, 0.25) is 29.5 Å². The molecule has 6 aromatic rings. The first-order valence-corrected chi connectivity index (χ1v) is 20.7. The molecule has 0 saturated carbocycles. The van der Waals surface area contributed by atoms with Crippen LogP contribution in [0.4, 0.5) is 32.1 Å². The van der Waals surface area contributed by atoms with Crippen molar-refractivity contribution in [3.05, 3.63) is 94.6 Å². The summed E-state index contributed by atoms with van der Waals surface area (Å²) in [5.74, 6) is -2.50. The molecule has 4 aromatic heterocycles. The van der Waals surface area contributed by atoms with Gasteiger partial charge in [0.15, 0.2) is 22.5 Å². The van der Waals surface area contributed by atoms with Crippen LogP contribution in [0.1, 0.15) is 70.7 Å². The topological polar surface area (TPSA) is 285 Å². The predicted molar refractivity (Wildman–Crippen MR) is 236 cm³/mol. The van der Waals surface area contributed by atoms with Crippen molar-refractivity contribution in [3.63, 3.8) is 0 Å². The number of aromatic nitrogens is 8. The maximum Gasteiger partial charge on any atom is 0.326 e. The van der Waals surface area contributed by atoms with E-state index in [0.717, 1.165) is 0 Å². The number of fused-ring (bicyclic) bond motifs is 2. The van der Waals surface area contributed by atoms with Gasteiger partial charge in [0.1, 0.15) is 46.3 Å². The number of nitrogen functional groups attached to an aromatic ring is 2. The number of primary amides is 1. The first-order valence-electron chi connectivity index (χ1n) is 20.7. The number of amides is 3. The number of carbonyl (C=O) groups excluding carboxylic acids is 4. The molecule has 3 amide bonds. The van der Waals surface area contributed by atoms with E-state index >= 15 is 0 Å². The predicted octanol–water partition coefficient (Wildman–Crippen LogP) is 4.26. The van der Waals surface area contributed by atoms with Crippen LogP contribution >= 0.6 is 0 Å². The molecule has 66 heavy (non-hydrogen) atoms. The molecule has 6 heterocycles. The molecule has 0 saturated heterocycles. The van der Waals surface area contributed by atoms with Crippen LogP contribution < -0.4 is 37.3 Å². The zero-order chi connectivity index (χ0) is 47.8. The maximum atomic E-state index is 14.2. The Kier molecular flexibility index (Phi) is 12.4. The normalized spacial score (nSPS) is 17.1. The molecule has 0 fully saturated rings. The van der Waals surface area contributed by atoms with Crippen molar-refractivity contribution in [2.24, 2.45) is 5.73 Å². The average molecular weight is 908 g/mol. The summed E-state index contributed by atoms with van der Waals surface area (Å²) in [6.45, 7) is 12.2. The first-order chi connectivity index (χ1) is 31.3. The second kappa shape index (κ2) is 17.9. The number of ether oxygens (including phenoxy) is 3. The van der Waals surface area contributed by atoms with Gasteiger partial charge in [-0.1, -0.05) is 36.4 Å². The summed E-state index contributed by atoms with van der Waals surface area (Å²) in [5.41, 5.74) is 16.1. The van der Waals surface area contributed by atoms with E-state index in [4.69, 9.17) is 31.4 Å². The van der Waals surface area contributed by atoms with Gasteiger partial charge in [0, 0.05) is 23.3 Å². The van der Waals surface area contributed by atoms with E-state index in [1.54, 1.807) is 55.5 Å². The molecule has 2 unspecified atom stereocenters. The van der Waals surface area contributed by atoms with Crippen molar-refractivity contribution >= 4 is 47.0 Å². The summed E-state index contributed by atoms with van der Waals surface area (Å²) in [7, 11) is 0. The lowest BCUT2D eigenvalue weighted by Crippen LogP contribution is -2.44. The number of rotatable bonds is 13. The van der Waals surface area contributed by atoms with Gasteiger partial charge in [0.25, 0.3) is 0 Å². The summed E-state index contributed by atoms with van der Waals surface area (Å²) >= 11 is 0. The number of halogens is 2. The Bertz CT molecular complexity index is 2900. The third-order valence-corrected chi connectivity index (χ3v) is 10.6. The van der Waals surface area contributed by atoms with Crippen LogP contribution in [0.15, 0.2) is 60.7 Å². The Labute approximate surface area is 376 Å². The second-order valence-corrected chi connectivity index (χ2v) is 16.1. The van der Waals surface area contributed by atoms with Crippen molar-refractivity contribution < 1.29 is 42.2 Å². The molecule has 2 aliphatic heterocycles. The number of nitrogens with two attached hydrogens (primary N) is 3. The van der Waals surface area contributed by atoms with Crippen LogP contribution in [0.2, 0.25) is 0 Å². The average Bonchev–Trinajstić information content (AvgIpc) is 3.98. The quantitative estimate of drug-likeness (QED) is 0.0799. The Morgan fingerprint density at radius 2 is 1.11 bits per heavy atom. The van der Waals surface area contributed by atoms with Gasteiger partial charge in [-0.3, -0.25) is 19.2 Å². The summed E-state index contributed by atoms with van der Waals surface area (Å²) in [6, 6.07) is 15.9. The highest BCUT2D eigenvalue weighted by atomic mass is 19.1. The maximum absolute atomic E-state index is 14.2. The zero-order valence-corrected chi connectivity index (χ0v) is 37.0. The number of anilines is 4. The number of benzene rings is 2. The van der Waals surface area contributed by atoms with E-state index in [1.807, 2.05) is 27.7 Å². The molecule has 0 spiro atoms. The lowest BCUT2D eigenvalue weighted by atomic mass is 9.84. The summed E-state index contributed by atoms with van der Waals surface area (Å²) < 4.78 is 48.2. The van der Waals surface area contributed by atoms with Crippen LogP contribution in [0, 0.1) is 11.6 Å². The smallest absolute Gasteiger partial charge is 0.326 e. The van der Waals surface area contributed by atoms with Crippen molar-refractivity contribution in [1.82, 2.24) is 39.5 Å². The molecule has 8 N–H and O–H groups in total. The van der Waals surface area contributed by atoms with E-state index in [2.05, 4.69) is 40.8 Å². The van der Waals surface area contributed by atoms with Gasteiger partial charge in [-0.15, -0.1) is 0 Å². The minimum atomic E-state index is -1.67. The zero-order valence-electron chi connectivity index (χ0n) is 37.0. The third kappa shape index (κ3) is 8.51. The number of hydrogen-bond acceptors (Lipinski definition) is 15. The van der Waals surface area contributed by atoms with Gasteiger partial charge in [-0.2, -0.15) is 10.2 Å². The Balaban J connectivity index is 0.000000197. The first kappa shape index (κ1) is 46.0. The summed E-state index contributed by atoms with van der Waals surface area (Å²) in [5, 5.41) is 14.1. The molecule has 0 bridgehead atoms. The Morgan fingerprint density at radius 3 is 1.50 bits per heavy atom. The molecule has 2 aromatic carbocycles. The van der Waals surface area contributed by atoms with E-state index in [0.29, 0.717) is 34.3 Å². The van der Waals surface area contributed by atoms with E-state index in [1.165, 1.54) is 35.3 Å². The minimum absolute atomic E-state index is 0.0520. The molecular weight excluding hydrogens is 861 g/mol. The second-order valence-electron chi connectivity index (χ2n) is 16.1. The molecule has 0 radical (unpaired) electrons. The number of hydrogen-bond donors (Lipinski definition) is 5. The number of nitrogens with one attached hydrogen (secondary N) is 2. The Hall–Kier alpha value is -8.04. The van der Waals surface area contributed by atoms with E-state index in [-0.39, 0.29) is 89.6 Å². The van der Waals surface area contributed by atoms with Crippen molar-refractivity contribution in [1.29, 1.82) is 0 Å². The molecule has 2 aliphatic rings. The number of esters is 1. The van der Waals surface area contributed by atoms with Gasteiger partial charge in [0.05, 0.1) is 43.0 Å². The SMILES string of the molecule is CC(C)Oc1cc(-c2nc(N)c3c(n2)NC(=O)C3(C)C(N)=O)nn1Cc1ccccc1F.CCOC(=O)C1(C)C(=O)Nc2nc(-c3cc(OC(C)C)n(Cc4ccccc4F)n3)nc(N)c21. The lowest BCUT2D eigenvalue weighted by Gasteiger charge is -2.20. The van der Waals surface area contributed by atoms with Gasteiger partial charge in [-0.25, -0.2) is 38.1 Å². The standard InChI is InChI=1S/C23H25FN6O4.C21H22FN7O3/c1-5-33-22(32)23(4)17-18(25)26-19(27-20(17)28-21(23)31)15-10-16(34-12(2)3)30(29-15)11-13-8-6-7-9-14(13)24;1-10(2)32-14-8-13(28-29(14)9-11-6-4-5-7-12(11)22)17-25-16(23)15-18(26-17)27-20(31)21(15,3)19(24)30/h6-10,12H,5,11H2,1-4H3,(H3,25,26,27,28,31);4-8,10H,9H2,1-3H3,(H2,24,30)(H3,23,25,26,27,31). The molecule has 2 atom stereocenters. The van der Waals surface area contributed by atoms with Crippen molar-refractivity contribution in [3.8, 4) is 34.8 Å². The van der Waals surface area contributed by atoms with Gasteiger partial charge >= 0.3 is 5.97 Å². The molecule has 0 aliphatic carbocycles. The van der Waals surface area contributed by atoms with Crippen molar-refractivity contribution in [2.45, 2.75) is 84.6 Å². The molecule has 22 heteroatoms. The van der Waals surface area contributed by atoms with Gasteiger partial charge in [-0.05, 0) is 60.6 Å². The largest absolute Gasteiger partial charge is 0.475 e. The van der Waals surface area contributed by atoms with E-state index in [9.17, 15) is 28.0 Å². The van der Waals surface area contributed by atoms with Crippen LogP contribution in [0.5, 0.6) is 11.8 Å². The van der Waals surface area contributed by atoms with Crippen LogP contribution in [-0.2, 0) is 47.8 Å².